The van der Waals surface area contributed by atoms with Gasteiger partial charge in [-0.15, -0.1) is 0 Å². The lowest BCUT2D eigenvalue weighted by molar-refractivity contribution is 0.452. The molecular formula is C16H18N4O. The Hall–Kier alpha value is -2.61. The van der Waals surface area contributed by atoms with E-state index in [9.17, 15) is 0 Å². The monoisotopic (exact) mass is 282 g/mol. The highest BCUT2D eigenvalue weighted by molar-refractivity contribution is 5.51. The smallest absolute Gasteiger partial charge is 0.227 e. The van der Waals surface area contributed by atoms with Crippen molar-refractivity contribution in [3.63, 3.8) is 0 Å². The van der Waals surface area contributed by atoms with Gasteiger partial charge in [-0.25, -0.2) is 4.98 Å². The zero-order valence-electron chi connectivity index (χ0n) is 12.6. The molecule has 0 atom stereocenters. The topological polar surface area (TPSA) is 70.8 Å². The van der Waals surface area contributed by atoms with Crippen molar-refractivity contribution < 1.29 is 4.74 Å². The Labute approximate surface area is 124 Å². The SMILES string of the molecule is CNc1nc(C(C)C)nc(Oc2ccccc2C#N)c1C. The Kier molecular flexibility index (Phi) is 4.39. The third-order valence-electron chi connectivity index (χ3n) is 3.09. The molecule has 5 nitrogen and oxygen atoms in total. The number of hydrogen-bond acceptors (Lipinski definition) is 5. The molecule has 108 valence electrons. The molecule has 1 N–H and O–H groups in total. The molecule has 0 saturated heterocycles. The van der Waals surface area contributed by atoms with Gasteiger partial charge in [0.15, 0.2) is 0 Å². The lowest BCUT2D eigenvalue weighted by atomic mass is 10.2. The van der Waals surface area contributed by atoms with Gasteiger partial charge in [0.2, 0.25) is 5.88 Å². The van der Waals surface area contributed by atoms with Crippen LogP contribution in [-0.2, 0) is 0 Å². The number of nitriles is 1. The molecular weight excluding hydrogens is 264 g/mol. The molecule has 0 bridgehead atoms. The second kappa shape index (κ2) is 6.23. The Bertz CT molecular complexity index is 689. The Balaban J connectivity index is 2.48. The fourth-order valence-corrected chi connectivity index (χ4v) is 1.87. The first-order chi connectivity index (χ1) is 10.1. The molecule has 0 saturated carbocycles. The third-order valence-corrected chi connectivity index (χ3v) is 3.09. The van der Waals surface area contributed by atoms with Crippen molar-refractivity contribution in [2.24, 2.45) is 0 Å². The molecule has 1 aromatic heterocycles. The Morgan fingerprint density at radius 1 is 1.24 bits per heavy atom. The van der Waals surface area contributed by atoms with Crippen LogP contribution in [0.25, 0.3) is 0 Å². The number of hydrogen-bond donors (Lipinski definition) is 1. The van der Waals surface area contributed by atoms with E-state index in [2.05, 4.69) is 21.4 Å². The van der Waals surface area contributed by atoms with E-state index in [1.807, 2.05) is 33.9 Å². The van der Waals surface area contributed by atoms with Crippen LogP contribution in [0.15, 0.2) is 24.3 Å². The number of para-hydroxylation sites is 1. The van der Waals surface area contributed by atoms with Crippen LogP contribution in [0.4, 0.5) is 5.82 Å². The summed E-state index contributed by atoms with van der Waals surface area (Å²) in [4.78, 5) is 8.94. The van der Waals surface area contributed by atoms with Gasteiger partial charge in [0.25, 0.3) is 0 Å². The first-order valence-corrected chi connectivity index (χ1v) is 6.80. The van der Waals surface area contributed by atoms with E-state index in [1.165, 1.54) is 0 Å². The maximum Gasteiger partial charge on any atom is 0.227 e. The molecule has 0 fully saturated rings. The van der Waals surface area contributed by atoms with Gasteiger partial charge in [-0.3, -0.25) is 0 Å². The number of benzene rings is 1. The van der Waals surface area contributed by atoms with Crippen LogP contribution in [0.5, 0.6) is 11.6 Å². The number of rotatable bonds is 4. The van der Waals surface area contributed by atoms with Gasteiger partial charge < -0.3 is 10.1 Å². The van der Waals surface area contributed by atoms with Gasteiger partial charge in [0.05, 0.1) is 11.1 Å². The zero-order valence-corrected chi connectivity index (χ0v) is 12.6. The van der Waals surface area contributed by atoms with Gasteiger partial charge in [0.1, 0.15) is 23.5 Å². The summed E-state index contributed by atoms with van der Waals surface area (Å²) in [6.45, 7) is 5.94. The summed E-state index contributed by atoms with van der Waals surface area (Å²) in [7, 11) is 1.81. The molecule has 2 rings (SSSR count). The molecule has 0 unspecified atom stereocenters. The van der Waals surface area contributed by atoms with Crippen LogP contribution < -0.4 is 10.1 Å². The van der Waals surface area contributed by atoms with Crippen LogP contribution in [0.2, 0.25) is 0 Å². The molecule has 0 aliphatic heterocycles. The molecule has 1 heterocycles. The minimum absolute atomic E-state index is 0.186. The van der Waals surface area contributed by atoms with E-state index in [0.29, 0.717) is 23.0 Å². The largest absolute Gasteiger partial charge is 0.437 e. The van der Waals surface area contributed by atoms with Gasteiger partial charge >= 0.3 is 0 Å². The number of ether oxygens (including phenoxy) is 1. The second-order valence-corrected chi connectivity index (χ2v) is 4.98. The van der Waals surface area contributed by atoms with E-state index < -0.39 is 0 Å². The highest BCUT2D eigenvalue weighted by Gasteiger charge is 2.15. The summed E-state index contributed by atoms with van der Waals surface area (Å²) in [6.07, 6.45) is 0. The average Bonchev–Trinajstić information content (AvgIpc) is 2.49. The number of aromatic nitrogens is 2. The predicted molar refractivity (Wildman–Crippen MR) is 81.6 cm³/mol. The minimum atomic E-state index is 0.186. The third kappa shape index (κ3) is 3.11. The summed E-state index contributed by atoms with van der Waals surface area (Å²) in [6, 6.07) is 9.22. The quantitative estimate of drug-likeness (QED) is 0.927. The van der Waals surface area contributed by atoms with Gasteiger partial charge in [-0.2, -0.15) is 10.2 Å². The Morgan fingerprint density at radius 2 is 1.95 bits per heavy atom. The van der Waals surface area contributed by atoms with Gasteiger partial charge in [0, 0.05) is 13.0 Å². The van der Waals surface area contributed by atoms with Crippen molar-refractivity contribution in [2.75, 3.05) is 12.4 Å². The number of nitrogens with zero attached hydrogens (tertiary/aromatic N) is 3. The van der Waals surface area contributed by atoms with Crippen LogP contribution in [0.1, 0.15) is 36.7 Å². The fraction of sp³-hybridized carbons (Fsp3) is 0.312. The molecule has 0 radical (unpaired) electrons. The van der Waals surface area contributed by atoms with E-state index in [1.54, 1.807) is 18.2 Å². The first-order valence-electron chi connectivity index (χ1n) is 6.80. The van der Waals surface area contributed by atoms with Crippen molar-refractivity contribution >= 4 is 5.82 Å². The van der Waals surface area contributed by atoms with Crippen molar-refractivity contribution in [1.82, 2.24) is 9.97 Å². The lowest BCUT2D eigenvalue weighted by Gasteiger charge is -2.14. The van der Waals surface area contributed by atoms with Gasteiger partial charge in [-0.1, -0.05) is 26.0 Å². The van der Waals surface area contributed by atoms with Crippen molar-refractivity contribution in [1.29, 1.82) is 5.26 Å². The van der Waals surface area contributed by atoms with Crippen molar-refractivity contribution in [3.05, 3.63) is 41.2 Å². The normalized spacial score (nSPS) is 10.3. The lowest BCUT2D eigenvalue weighted by Crippen LogP contribution is -2.06. The molecule has 0 spiro atoms. The van der Waals surface area contributed by atoms with E-state index >= 15 is 0 Å². The fourth-order valence-electron chi connectivity index (χ4n) is 1.87. The molecule has 0 aliphatic rings. The van der Waals surface area contributed by atoms with Crippen LogP contribution in [0.3, 0.4) is 0 Å². The number of anilines is 1. The van der Waals surface area contributed by atoms with E-state index in [-0.39, 0.29) is 5.92 Å². The molecule has 0 aliphatic carbocycles. The number of nitrogens with one attached hydrogen (secondary N) is 1. The first kappa shape index (κ1) is 14.8. The van der Waals surface area contributed by atoms with E-state index in [0.717, 1.165) is 11.4 Å². The Morgan fingerprint density at radius 3 is 2.57 bits per heavy atom. The molecule has 21 heavy (non-hydrogen) atoms. The maximum atomic E-state index is 9.13. The summed E-state index contributed by atoms with van der Waals surface area (Å²) < 4.78 is 5.85. The molecule has 2 aromatic rings. The predicted octanol–water partition coefficient (Wildman–Crippen LogP) is 3.61. The van der Waals surface area contributed by atoms with Crippen LogP contribution in [0, 0.1) is 18.3 Å². The van der Waals surface area contributed by atoms with Gasteiger partial charge in [-0.05, 0) is 19.1 Å². The average molecular weight is 282 g/mol. The summed E-state index contributed by atoms with van der Waals surface area (Å²) in [5.41, 5.74) is 1.29. The highest BCUT2D eigenvalue weighted by atomic mass is 16.5. The minimum Gasteiger partial charge on any atom is -0.437 e. The van der Waals surface area contributed by atoms with E-state index in [4.69, 9.17) is 10.00 Å². The molecule has 0 amide bonds. The van der Waals surface area contributed by atoms with Crippen molar-refractivity contribution in [3.8, 4) is 17.7 Å². The maximum absolute atomic E-state index is 9.13. The molecule has 1 aromatic carbocycles. The summed E-state index contributed by atoms with van der Waals surface area (Å²) in [5.74, 6) is 2.60. The standard InChI is InChI=1S/C16H18N4O/c1-10(2)14-19-15(18-4)11(3)16(20-14)21-13-8-6-5-7-12(13)9-17/h5-8,10H,1-4H3,(H,18,19,20). The summed E-state index contributed by atoms with van der Waals surface area (Å²) in [5, 5.41) is 12.2. The summed E-state index contributed by atoms with van der Waals surface area (Å²) >= 11 is 0. The zero-order chi connectivity index (χ0) is 15.4. The highest BCUT2D eigenvalue weighted by Crippen LogP contribution is 2.30. The van der Waals surface area contributed by atoms with Crippen LogP contribution >= 0.6 is 0 Å². The van der Waals surface area contributed by atoms with Crippen molar-refractivity contribution in [2.45, 2.75) is 26.7 Å². The van der Waals surface area contributed by atoms with Crippen LogP contribution in [-0.4, -0.2) is 17.0 Å². The second-order valence-electron chi connectivity index (χ2n) is 4.98. The molecule has 5 heteroatoms.